The summed E-state index contributed by atoms with van der Waals surface area (Å²) in [6.45, 7) is 0. The molecule has 1 saturated heterocycles. The number of aromatic nitrogens is 1. The van der Waals surface area contributed by atoms with Crippen LogP contribution in [0, 0.1) is 5.82 Å². The van der Waals surface area contributed by atoms with Crippen LogP contribution in [0.15, 0.2) is 42.6 Å². The van der Waals surface area contributed by atoms with Gasteiger partial charge < -0.3 is 15.2 Å². The third kappa shape index (κ3) is 3.56. The Morgan fingerprint density at radius 1 is 1.30 bits per heavy atom. The van der Waals surface area contributed by atoms with Crippen molar-refractivity contribution >= 4 is 29.3 Å². The Bertz CT molecular complexity index is 705. The van der Waals surface area contributed by atoms with Crippen molar-refractivity contribution in [1.29, 1.82) is 0 Å². The maximum absolute atomic E-state index is 13.6. The number of hydrogen-bond acceptors (Lipinski definition) is 3. The van der Waals surface area contributed by atoms with Crippen LogP contribution in [0.4, 0.5) is 10.1 Å². The summed E-state index contributed by atoms with van der Waals surface area (Å²) in [7, 11) is 0. The van der Waals surface area contributed by atoms with E-state index < -0.39 is 11.9 Å². The highest BCUT2D eigenvalue weighted by molar-refractivity contribution is 7.99. The maximum atomic E-state index is 13.6. The van der Waals surface area contributed by atoms with E-state index in [1.807, 2.05) is 12.1 Å². The summed E-state index contributed by atoms with van der Waals surface area (Å²) in [5.74, 6) is 0.00730. The first kappa shape index (κ1) is 15.6. The van der Waals surface area contributed by atoms with Gasteiger partial charge in [0.1, 0.15) is 11.9 Å². The van der Waals surface area contributed by atoms with Crippen molar-refractivity contribution in [3.63, 3.8) is 0 Å². The zero-order valence-electron chi connectivity index (χ0n) is 12.3. The molecule has 0 aliphatic carbocycles. The van der Waals surface area contributed by atoms with E-state index in [9.17, 15) is 14.0 Å². The van der Waals surface area contributed by atoms with E-state index in [1.165, 1.54) is 23.9 Å². The molecule has 23 heavy (non-hydrogen) atoms. The second-order valence-corrected chi connectivity index (χ2v) is 6.22. The zero-order chi connectivity index (χ0) is 16.2. The number of thioether (sulfide) groups is 1. The highest BCUT2D eigenvalue weighted by Crippen LogP contribution is 2.23. The van der Waals surface area contributed by atoms with Crippen LogP contribution in [0.3, 0.4) is 0 Å². The van der Waals surface area contributed by atoms with E-state index >= 15 is 0 Å². The van der Waals surface area contributed by atoms with E-state index in [1.54, 1.807) is 23.2 Å². The van der Waals surface area contributed by atoms with E-state index in [4.69, 9.17) is 0 Å². The van der Waals surface area contributed by atoms with Gasteiger partial charge in [-0.2, -0.15) is 0 Å². The molecule has 1 atom stereocenters. The van der Waals surface area contributed by atoms with Gasteiger partial charge in [-0.05, 0) is 24.3 Å². The summed E-state index contributed by atoms with van der Waals surface area (Å²) in [4.78, 5) is 29.3. The van der Waals surface area contributed by atoms with Gasteiger partial charge in [0, 0.05) is 17.6 Å². The monoisotopic (exact) mass is 333 g/mol. The van der Waals surface area contributed by atoms with Gasteiger partial charge in [0.05, 0.1) is 18.0 Å². The van der Waals surface area contributed by atoms with Crippen molar-refractivity contribution in [3.8, 4) is 0 Å². The van der Waals surface area contributed by atoms with Gasteiger partial charge in [-0.15, -0.1) is 11.8 Å². The van der Waals surface area contributed by atoms with Crippen LogP contribution in [0.2, 0.25) is 0 Å². The standard InChI is InChI=1S/C16H16FN3O2S/c17-12-5-1-2-6-13(12)19-16(22)14-9-23-10-20(14)15(21)8-11-4-3-7-18-11/h1-7,14,18H,8-10H2,(H,19,22). The van der Waals surface area contributed by atoms with Crippen LogP contribution >= 0.6 is 11.8 Å². The van der Waals surface area contributed by atoms with Crippen LogP contribution in [0.5, 0.6) is 0 Å². The third-order valence-corrected chi connectivity index (χ3v) is 4.65. The topological polar surface area (TPSA) is 65.2 Å². The minimum atomic E-state index is -0.581. The molecule has 0 spiro atoms. The Morgan fingerprint density at radius 2 is 2.13 bits per heavy atom. The smallest absolute Gasteiger partial charge is 0.248 e. The van der Waals surface area contributed by atoms with Crippen molar-refractivity contribution in [2.75, 3.05) is 16.9 Å². The largest absolute Gasteiger partial charge is 0.365 e. The number of carbonyl (C=O) groups excluding carboxylic acids is 2. The molecule has 120 valence electrons. The van der Waals surface area contributed by atoms with E-state index in [-0.39, 0.29) is 23.9 Å². The molecule has 1 fully saturated rings. The Balaban J connectivity index is 1.67. The van der Waals surface area contributed by atoms with Crippen molar-refractivity contribution in [1.82, 2.24) is 9.88 Å². The first-order valence-corrected chi connectivity index (χ1v) is 8.35. The zero-order valence-corrected chi connectivity index (χ0v) is 13.1. The molecular weight excluding hydrogens is 317 g/mol. The van der Waals surface area contributed by atoms with Crippen LogP contribution in [0.25, 0.3) is 0 Å². The number of amides is 2. The quantitative estimate of drug-likeness (QED) is 0.902. The molecule has 1 aliphatic heterocycles. The van der Waals surface area contributed by atoms with Gasteiger partial charge in [0.25, 0.3) is 0 Å². The number of halogens is 1. The number of aromatic amines is 1. The van der Waals surface area contributed by atoms with Crippen molar-refractivity contribution in [2.24, 2.45) is 0 Å². The lowest BCUT2D eigenvalue weighted by Crippen LogP contribution is -2.45. The molecule has 1 aromatic carbocycles. The van der Waals surface area contributed by atoms with Crippen molar-refractivity contribution in [2.45, 2.75) is 12.5 Å². The predicted octanol–water partition coefficient (Wildman–Crippen LogP) is 2.24. The summed E-state index contributed by atoms with van der Waals surface area (Å²) in [5, 5.41) is 2.57. The van der Waals surface area contributed by atoms with Gasteiger partial charge in [-0.25, -0.2) is 4.39 Å². The van der Waals surface area contributed by atoms with Gasteiger partial charge in [-0.3, -0.25) is 9.59 Å². The number of hydrogen-bond donors (Lipinski definition) is 2. The van der Waals surface area contributed by atoms with Crippen LogP contribution in [0.1, 0.15) is 5.69 Å². The Hall–Kier alpha value is -2.28. The molecule has 1 unspecified atom stereocenters. The van der Waals surface area contributed by atoms with E-state index in [0.29, 0.717) is 11.6 Å². The number of benzene rings is 1. The molecule has 0 saturated carbocycles. The van der Waals surface area contributed by atoms with E-state index in [2.05, 4.69) is 10.3 Å². The Labute approximate surface area is 137 Å². The first-order chi connectivity index (χ1) is 11.1. The lowest BCUT2D eigenvalue weighted by atomic mass is 10.2. The normalized spacial score (nSPS) is 17.3. The number of rotatable bonds is 4. The molecule has 7 heteroatoms. The van der Waals surface area contributed by atoms with Crippen molar-refractivity contribution in [3.05, 3.63) is 54.1 Å². The second-order valence-electron chi connectivity index (χ2n) is 5.22. The van der Waals surface area contributed by atoms with Gasteiger partial charge >= 0.3 is 0 Å². The summed E-state index contributed by atoms with van der Waals surface area (Å²) >= 11 is 1.51. The number of carbonyl (C=O) groups is 2. The predicted molar refractivity (Wildman–Crippen MR) is 87.5 cm³/mol. The molecule has 2 N–H and O–H groups in total. The fraction of sp³-hybridized carbons (Fsp3) is 0.250. The number of H-pyrrole nitrogens is 1. The lowest BCUT2D eigenvalue weighted by Gasteiger charge is -2.23. The number of anilines is 1. The van der Waals surface area contributed by atoms with Crippen LogP contribution in [-0.2, 0) is 16.0 Å². The fourth-order valence-electron chi connectivity index (χ4n) is 2.43. The fourth-order valence-corrected chi connectivity index (χ4v) is 3.61. The molecule has 1 aliphatic rings. The summed E-state index contributed by atoms with van der Waals surface area (Å²) in [6.07, 6.45) is 1.97. The molecule has 1 aromatic heterocycles. The highest BCUT2D eigenvalue weighted by atomic mass is 32.2. The molecular formula is C16H16FN3O2S. The van der Waals surface area contributed by atoms with Crippen LogP contribution < -0.4 is 5.32 Å². The Kier molecular flexibility index (Phi) is 4.66. The maximum Gasteiger partial charge on any atom is 0.248 e. The summed E-state index contributed by atoms with van der Waals surface area (Å²) in [5.41, 5.74) is 0.936. The number of nitrogens with zero attached hydrogens (tertiary/aromatic N) is 1. The number of nitrogens with one attached hydrogen (secondary N) is 2. The average Bonchev–Trinajstić information content (AvgIpc) is 3.20. The molecule has 0 radical (unpaired) electrons. The molecule has 2 aromatic rings. The first-order valence-electron chi connectivity index (χ1n) is 7.20. The van der Waals surface area contributed by atoms with Crippen LogP contribution in [-0.4, -0.2) is 39.4 Å². The molecule has 3 rings (SSSR count). The summed E-state index contributed by atoms with van der Waals surface area (Å²) in [6, 6.07) is 9.06. The molecule has 5 nitrogen and oxygen atoms in total. The molecule has 0 bridgehead atoms. The lowest BCUT2D eigenvalue weighted by molar-refractivity contribution is -0.135. The Morgan fingerprint density at radius 3 is 2.87 bits per heavy atom. The van der Waals surface area contributed by atoms with Crippen molar-refractivity contribution < 1.29 is 14.0 Å². The third-order valence-electron chi connectivity index (χ3n) is 3.64. The number of para-hydroxylation sites is 1. The minimum absolute atomic E-state index is 0.119. The summed E-state index contributed by atoms with van der Waals surface area (Å²) < 4.78 is 13.6. The SMILES string of the molecule is O=C(Nc1ccccc1F)C1CSCN1C(=O)Cc1ccc[nH]1. The second kappa shape index (κ2) is 6.87. The van der Waals surface area contributed by atoms with Gasteiger partial charge in [-0.1, -0.05) is 12.1 Å². The van der Waals surface area contributed by atoms with Gasteiger partial charge in [0.15, 0.2) is 0 Å². The molecule has 2 amide bonds. The molecule has 2 heterocycles. The van der Waals surface area contributed by atoms with E-state index in [0.717, 1.165) is 5.69 Å². The minimum Gasteiger partial charge on any atom is -0.365 e. The average molecular weight is 333 g/mol. The highest BCUT2D eigenvalue weighted by Gasteiger charge is 2.34. The van der Waals surface area contributed by atoms with Gasteiger partial charge in [0.2, 0.25) is 11.8 Å².